The van der Waals surface area contributed by atoms with Crippen LogP contribution in [0, 0.1) is 0 Å². The summed E-state index contributed by atoms with van der Waals surface area (Å²) in [6.07, 6.45) is 4.07. The van der Waals surface area contributed by atoms with Crippen molar-refractivity contribution in [3.8, 4) is 0 Å². The molecule has 0 aromatic heterocycles. The highest BCUT2D eigenvalue weighted by Crippen LogP contribution is 2.34. The summed E-state index contributed by atoms with van der Waals surface area (Å²) in [5.74, 6) is 0. The molecule has 2 aromatic carbocycles. The van der Waals surface area contributed by atoms with Gasteiger partial charge in [0, 0.05) is 36.9 Å². The van der Waals surface area contributed by atoms with E-state index in [4.69, 9.17) is 4.74 Å². The highest BCUT2D eigenvalue weighted by atomic mass is 79.9. The molecule has 2 aliphatic rings. The summed E-state index contributed by atoms with van der Waals surface area (Å²) >= 11 is 3.44. The zero-order chi connectivity index (χ0) is 20.3. The van der Waals surface area contributed by atoms with Crippen molar-refractivity contribution in [3.05, 3.63) is 52.5 Å². The first-order valence-electron chi connectivity index (χ1n) is 9.80. The van der Waals surface area contributed by atoms with Gasteiger partial charge in [-0.2, -0.15) is 4.31 Å². The molecule has 6 nitrogen and oxygen atoms in total. The SMILES string of the molecule is O=S(=O)(c1ccc(N2CCCC2)c(N=Cc2ccc(Br)cc2)c1)N1CCOCC1. The zero-order valence-corrected chi connectivity index (χ0v) is 18.5. The van der Waals surface area contributed by atoms with Crippen LogP contribution in [0.2, 0.25) is 0 Å². The van der Waals surface area contributed by atoms with Gasteiger partial charge < -0.3 is 9.64 Å². The Kier molecular flexibility index (Phi) is 6.34. The van der Waals surface area contributed by atoms with Crippen molar-refractivity contribution >= 4 is 43.5 Å². The fourth-order valence-electron chi connectivity index (χ4n) is 3.62. The van der Waals surface area contributed by atoms with Gasteiger partial charge >= 0.3 is 0 Å². The van der Waals surface area contributed by atoms with Crippen LogP contribution in [0.1, 0.15) is 18.4 Å². The summed E-state index contributed by atoms with van der Waals surface area (Å²) in [5.41, 5.74) is 2.63. The molecule has 0 N–H and O–H groups in total. The van der Waals surface area contributed by atoms with Gasteiger partial charge in [-0.3, -0.25) is 4.99 Å². The Labute approximate surface area is 180 Å². The number of morpholine rings is 1. The van der Waals surface area contributed by atoms with E-state index in [9.17, 15) is 8.42 Å². The van der Waals surface area contributed by atoms with E-state index in [0.29, 0.717) is 32.0 Å². The van der Waals surface area contributed by atoms with Crippen LogP contribution in [-0.4, -0.2) is 58.3 Å². The van der Waals surface area contributed by atoms with Crippen LogP contribution in [0.15, 0.2) is 56.8 Å². The monoisotopic (exact) mass is 477 g/mol. The lowest BCUT2D eigenvalue weighted by Crippen LogP contribution is -2.40. The number of rotatable bonds is 5. The van der Waals surface area contributed by atoms with Crippen molar-refractivity contribution in [3.63, 3.8) is 0 Å². The Bertz CT molecular complexity index is 981. The second kappa shape index (κ2) is 8.95. The highest BCUT2D eigenvalue weighted by molar-refractivity contribution is 9.10. The van der Waals surface area contributed by atoms with Gasteiger partial charge in [-0.15, -0.1) is 0 Å². The van der Waals surface area contributed by atoms with Gasteiger partial charge in [-0.1, -0.05) is 28.1 Å². The maximum atomic E-state index is 13.1. The highest BCUT2D eigenvalue weighted by Gasteiger charge is 2.27. The van der Waals surface area contributed by atoms with Gasteiger partial charge in [0.2, 0.25) is 10.0 Å². The van der Waals surface area contributed by atoms with Crippen molar-refractivity contribution in [2.45, 2.75) is 17.7 Å². The number of nitrogens with zero attached hydrogens (tertiary/aromatic N) is 3. The molecule has 2 aliphatic heterocycles. The molecule has 2 aromatic rings. The molecule has 0 amide bonds. The average Bonchev–Trinajstić information content (AvgIpc) is 3.28. The molecule has 0 radical (unpaired) electrons. The van der Waals surface area contributed by atoms with E-state index in [-0.39, 0.29) is 4.90 Å². The van der Waals surface area contributed by atoms with E-state index in [1.165, 1.54) is 4.31 Å². The van der Waals surface area contributed by atoms with E-state index in [0.717, 1.165) is 41.7 Å². The number of sulfonamides is 1. The van der Waals surface area contributed by atoms with Crippen LogP contribution in [0.25, 0.3) is 0 Å². The van der Waals surface area contributed by atoms with Crippen LogP contribution in [-0.2, 0) is 14.8 Å². The standard InChI is InChI=1S/C21H24BrN3O3S/c22-18-5-3-17(4-6-18)16-23-20-15-19(7-8-21(20)24-9-1-2-10-24)29(26,27)25-11-13-28-14-12-25/h3-8,15-16H,1-2,9-14H2. The summed E-state index contributed by atoms with van der Waals surface area (Å²) in [5, 5.41) is 0. The van der Waals surface area contributed by atoms with Crippen LogP contribution < -0.4 is 4.90 Å². The first-order chi connectivity index (χ1) is 14.0. The van der Waals surface area contributed by atoms with Crippen molar-refractivity contribution in [1.29, 1.82) is 0 Å². The van der Waals surface area contributed by atoms with E-state index < -0.39 is 10.0 Å². The summed E-state index contributed by atoms with van der Waals surface area (Å²) < 4.78 is 34.0. The second-order valence-electron chi connectivity index (χ2n) is 7.17. The Morgan fingerprint density at radius 2 is 1.66 bits per heavy atom. The summed E-state index contributed by atoms with van der Waals surface area (Å²) in [6, 6.07) is 13.2. The lowest BCUT2D eigenvalue weighted by molar-refractivity contribution is 0.0730. The molecular formula is C21H24BrN3O3S. The lowest BCUT2D eigenvalue weighted by atomic mass is 10.2. The normalized spacial score (nSPS) is 18.6. The fraction of sp³-hybridized carbons (Fsp3) is 0.381. The second-order valence-corrected chi connectivity index (χ2v) is 10.0. The van der Waals surface area contributed by atoms with Gasteiger partial charge in [0.25, 0.3) is 0 Å². The minimum atomic E-state index is -3.56. The largest absolute Gasteiger partial charge is 0.379 e. The number of hydrogen-bond donors (Lipinski definition) is 0. The van der Waals surface area contributed by atoms with Crippen LogP contribution in [0.5, 0.6) is 0 Å². The molecule has 0 bridgehead atoms. The minimum absolute atomic E-state index is 0.283. The quantitative estimate of drug-likeness (QED) is 0.614. The molecular weight excluding hydrogens is 454 g/mol. The Morgan fingerprint density at radius 1 is 0.966 bits per heavy atom. The van der Waals surface area contributed by atoms with Gasteiger partial charge in [0.05, 0.1) is 29.5 Å². The molecule has 0 unspecified atom stereocenters. The van der Waals surface area contributed by atoms with E-state index in [1.54, 1.807) is 18.3 Å². The van der Waals surface area contributed by atoms with Gasteiger partial charge in [0.1, 0.15) is 0 Å². The molecule has 0 spiro atoms. The maximum absolute atomic E-state index is 13.1. The first-order valence-corrected chi connectivity index (χ1v) is 12.0. The summed E-state index contributed by atoms with van der Waals surface area (Å²) in [7, 11) is -3.56. The third-order valence-corrected chi connectivity index (χ3v) is 7.65. The number of halogens is 1. The molecule has 2 fully saturated rings. The number of hydrogen-bond acceptors (Lipinski definition) is 5. The van der Waals surface area contributed by atoms with Gasteiger partial charge in [-0.05, 0) is 48.7 Å². The van der Waals surface area contributed by atoms with Gasteiger partial charge in [-0.25, -0.2) is 8.42 Å². The van der Waals surface area contributed by atoms with Crippen molar-refractivity contribution in [1.82, 2.24) is 4.31 Å². The predicted octanol–water partition coefficient (Wildman–Crippen LogP) is 3.82. The van der Waals surface area contributed by atoms with Crippen LogP contribution in [0.3, 0.4) is 0 Å². The van der Waals surface area contributed by atoms with Crippen LogP contribution in [0.4, 0.5) is 11.4 Å². The molecule has 29 heavy (non-hydrogen) atoms. The smallest absolute Gasteiger partial charge is 0.243 e. The van der Waals surface area contributed by atoms with Crippen LogP contribution >= 0.6 is 15.9 Å². The van der Waals surface area contributed by atoms with E-state index >= 15 is 0 Å². The lowest BCUT2D eigenvalue weighted by Gasteiger charge is -2.27. The Balaban J connectivity index is 1.69. The molecule has 0 atom stereocenters. The third-order valence-electron chi connectivity index (χ3n) is 5.22. The first kappa shape index (κ1) is 20.5. The Morgan fingerprint density at radius 3 is 2.34 bits per heavy atom. The fourth-order valence-corrected chi connectivity index (χ4v) is 5.31. The molecule has 4 rings (SSSR count). The van der Waals surface area contributed by atoms with E-state index in [2.05, 4.69) is 25.8 Å². The summed E-state index contributed by atoms with van der Waals surface area (Å²) in [6.45, 7) is 3.56. The molecule has 0 saturated carbocycles. The number of benzene rings is 2. The molecule has 2 heterocycles. The zero-order valence-electron chi connectivity index (χ0n) is 16.1. The molecule has 0 aliphatic carbocycles. The molecule has 2 saturated heterocycles. The molecule has 154 valence electrons. The average molecular weight is 478 g/mol. The number of anilines is 1. The summed E-state index contributed by atoms with van der Waals surface area (Å²) in [4.78, 5) is 7.24. The molecule has 8 heteroatoms. The van der Waals surface area contributed by atoms with Crippen molar-refractivity contribution in [2.24, 2.45) is 4.99 Å². The third kappa shape index (κ3) is 4.71. The number of ether oxygens (including phenoxy) is 1. The predicted molar refractivity (Wildman–Crippen MR) is 119 cm³/mol. The van der Waals surface area contributed by atoms with Crippen molar-refractivity contribution < 1.29 is 13.2 Å². The Hall–Kier alpha value is -1.74. The minimum Gasteiger partial charge on any atom is -0.379 e. The topological polar surface area (TPSA) is 62.2 Å². The van der Waals surface area contributed by atoms with Gasteiger partial charge in [0.15, 0.2) is 0 Å². The number of aliphatic imine (C=N–C) groups is 1. The van der Waals surface area contributed by atoms with E-state index in [1.807, 2.05) is 30.3 Å². The maximum Gasteiger partial charge on any atom is 0.243 e. The van der Waals surface area contributed by atoms with Crippen molar-refractivity contribution in [2.75, 3.05) is 44.3 Å².